The molecule has 22 heavy (non-hydrogen) atoms. The Morgan fingerprint density at radius 2 is 1.91 bits per heavy atom. The quantitative estimate of drug-likeness (QED) is 0.625. The molecule has 114 valence electrons. The van der Waals surface area contributed by atoms with E-state index < -0.39 is 0 Å². The number of anilines is 1. The van der Waals surface area contributed by atoms with E-state index in [0.717, 1.165) is 23.6 Å². The molecule has 0 aliphatic carbocycles. The van der Waals surface area contributed by atoms with Gasteiger partial charge in [-0.05, 0) is 55.3 Å². The number of hydrogen-bond acceptors (Lipinski definition) is 3. The van der Waals surface area contributed by atoms with Gasteiger partial charge in [0.15, 0.2) is 5.78 Å². The van der Waals surface area contributed by atoms with Crippen LogP contribution in [0.25, 0.3) is 0 Å². The van der Waals surface area contributed by atoms with Crippen molar-refractivity contribution in [1.82, 2.24) is 0 Å². The van der Waals surface area contributed by atoms with Crippen LogP contribution in [-0.2, 0) is 0 Å². The molecule has 0 aliphatic heterocycles. The highest BCUT2D eigenvalue weighted by atomic mass is 16.5. The maximum atomic E-state index is 12.3. The minimum absolute atomic E-state index is 0.0142. The van der Waals surface area contributed by atoms with Gasteiger partial charge in [0.2, 0.25) is 0 Å². The van der Waals surface area contributed by atoms with Gasteiger partial charge in [0.25, 0.3) is 0 Å². The molecule has 3 nitrogen and oxygen atoms in total. The molecule has 0 fully saturated rings. The van der Waals surface area contributed by atoms with Crippen LogP contribution < -0.4 is 10.1 Å². The first-order valence-corrected chi connectivity index (χ1v) is 7.35. The lowest BCUT2D eigenvalue weighted by atomic mass is 10.1. The largest absolute Gasteiger partial charge is 0.497 e. The zero-order valence-electron chi connectivity index (χ0n) is 13.2. The van der Waals surface area contributed by atoms with Gasteiger partial charge in [0.05, 0.1) is 7.11 Å². The van der Waals surface area contributed by atoms with Crippen molar-refractivity contribution in [1.29, 1.82) is 0 Å². The molecule has 3 heteroatoms. The van der Waals surface area contributed by atoms with E-state index in [0.29, 0.717) is 5.56 Å². The number of carbonyl (C=O) groups excluding carboxylic acids is 1. The Hall–Kier alpha value is -2.55. The number of rotatable bonds is 6. The minimum atomic E-state index is -0.0142. The third kappa shape index (κ3) is 4.22. The van der Waals surface area contributed by atoms with Crippen LogP contribution >= 0.6 is 0 Å². The fourth-order valence-corrected chi connectivity index (χ4v) is 2.13. The van der Waals surface area contributed by atoms with Gasteiger partial charge >= 0.3 is 0 Å². The van der Waals surface area contributed by atoms with Crippen molar-refractivity contribution in [2.45, 2.75) is 20.3 Å². The molecule has 0 radical (unpaired) electrons. The second kappa shape index (κ2) is 7.46. The van der Waals surface area contributed by atoms with Crippen molar-refractivity contribution >= 4 is 11.5 Å². The normalized spacial score (nSPS) is 11.1. The van der Waals surface area contributed by atoms with Crippen LogP contribution in [0.2, 0.25) is 0 Å². The van der Waals surface area contributed by atoms with Gasteiger partial charge in [0, 0.05) is 23.0 Å². The molecule has 0 spiro atoms. The number of aryl methyl sites for hydroxylation is 1. The average molecular weight is 295 g/mol. The van der Waals surface area contributed by atoms with Gasteiger partial charge < -0.3 is 10.1 Å². The van der Waals surface area contributed by atoms with Crippen LogP contribution in [0.4, 0.5) is 5.69 Å². The monoisotopic (exact) mass is 295 g/mol. The van der Waals surface area contributed by atoms with Crippen molar-refractivity contribution < 1.29 is 9.53 Å². The fraction of sp³-hybridized carbons (Fsp3) is 0.211. The molecule has 1 N–H and O–H groups in total. The molecule has 0 atom stereocenters. The highest BCUT2D eigenvalue weighted by molar-refractivity contribution is 6.05. The summed E-state index contributed by atoms with van der Waals surface area (Å²) in [5.74, 6) is 0.730. The number of nitrogens with one attached hydrogen (secondary N) is 1. The number of methoxy groups -OCH3 is 1. The number of ether oxygens (including phenoxy) is 1. The van der Waals surface area contributed by atoms with Gasteiger partial charge in [-0.3, -0.25) is 4.79 Å². The van der Waals surface area contributed by atoms with E-state index in [2.05, 4.69) is 11.4 Å². The number of allylic oxidation sites excluding steroid dienone is 2. The van der Waals surface area contributed by atoms with Crippen LogP contribution in [0.3, 0.4) is 0 Å². The lowest BCUT2D eigenvalue weighted by molar-refractivity contribution is 0.104. The Morgan fingerprint density at radius 1 is 1.18 bits per heavy atom. The summed E-state index contributed by atoms with van der Waals surface area (Å²) in [6.45, 7) is 4.07. The lowest BCUT2D eigenvalue weighted by Crippen LogP contribution is -2.03. The molecule has 2 rings (SSSR count). The van der Waals surface area contributed by atoms with Gasteiger partial charge in [-0.25, -0.2) is 0 Å². The first kappa shape index (κ1) is 15.8. The van der Waals surface area contributed by atoms with Crippen LogP contribution in [0.15, 0.2) is 60.3 Å². The molecule has 2 aromatic rings. The van der Waals surface area contributed by atoms with Gasteiger partial charge in [-0.1, -0.05) is 19.1 Å². The van der Waals surface area contributed by atoms with E-state index >= 15 is 0 Å². The summed E-state index contributed by atoms with van der Waals surface area (Å²) in [6, 6.07) is 15.2. The van der Waals surface area contributed by atoms with Crippen molar-refractivity contribution in [2.24, 2.45) is 0 Å². The smallest absolute Gasteiger partial charge is 0.187 e. The Balaban J connectivity index is 2.14. The van der Waals surface area contributed by atoms with Crippen LogP contribution in [0.5, 0.6) is 5.75 Å². The van der Waals surface area contributed by atoms with Crippen molar-refractivity contribution in [3.8, 4) is 5.75 Å². The molecule has 0 unspecified atom stereocenters. The van der Waals surface area contributed by atoms with Crippen molar-refractivity contribution in [3.63, 3.8) is 0 Å². The summed E-state index contributed by atoms with van der Waals surface area (Å²) in [5.41, 5.74) is 3.72. The Labute approximate surface area is 131 Å². The summed E-state index contributed by atoms with van der Waals surface area (Å²) in [5, 5.41) is 3.31. The summed E-state index contributed by atoms with van der Waals surface area (Å²) in [7, 11) is 1.61. The number of hydrogen-bond donors (Lipinski definition) is 1. The SMILES string of the molecule is CCC(=CC(=O)c1ccc(OC)cc1)Nc1cccc(C)c1. The molecule has 0 amide bonds. The molecule has 0 bridgehead atoms. The Kier molecular flexibility index (Phi) is 5.37. The Bertz CT molecular complexity index is 672. The summed E-state index contributed by atoms with van der Waals surface area (Å²) in [6.07, 6.45) is 2.42. The average Bonchev–Trinajstić information content (AvgIpc) is 2.54. The molecular weight excluding hydrogens is 274 g/mol. The molecule has 0 aromatic heterocycles. The summed E-state index contributed by atoms with van der Waals surface area (Å²) in [4.78, 5) is 12.3. The first-order valence-electron chi connectivity index (χ1n) is 7.35. The third-order valence-corrected chi connectivity index (χ3v) is 3.38. The van der Waals surface area contributed by atoms with E-state index in [1.807, 2.05) is 32.0 Å². The maximum absolute atomic E-state index is 12.3. The third-order valence-electron chi connectivity index (χ3n) is 3.38. The lowest BCUT2D eigenvalue weighted by Gasteiger charge is -2.10. The predicted octanol–water partition coefficient (Wildman–Crippen LogP) is 4.59. The van der Waals surface area contributed by atoms with Gasteiger partial charge in [-0.2, -0.15) is 0 Å². The molecule has 2 aromatic carbocycles. The second-order valence-electron chi connectivity index (χ2n) is 5.11. The highest BCUT2D eigenvalue weighted by Crippen LogP contribution is 2.16. The van der Waals surface area contributed by atoms with Crippen molar-refractivity contribution in [3.05, 3.63) is 71.4 Å². The molecule has 0 saturated heterocycles. The van der Waals surface area contributed by atoms with E-state index in [4.69, 9.17) is 4.74 Å². The second-order valence-corrected chi connectivity index (χ2v) is 5.11. The zero-order valence-corrected chi connectivity index (χ0v) is 13.2. The highest BCUT2D eigenvalue weighted by Gasteiger charge is 2.05. The summed E-state index contributed by atoms with van der Waals surface area (Å²) >= 11 is 0. The molecular formula is C19H21NO2. The first-order chi connectivity index (χ1) is 10.6. The van der Waals surface area contributed by atoms with Crippen LogP contribution in [0.1, 0.15) is 29.3 Å². The topological polar surface area (TPSA) is 38.3 Å². The molecule has 0 aliphatic rings. The van der Waals surface area contributed by atoms with Crippen molar-refractivity contribution in [2.75, 3.05) is 12.4 Å². The Morgan fingerprint density at radius 3 is 2.50 bits per heavy atom. The predicted molar refractivity (Wildman–Crippen MR) is 90.5 cm³/mol. The van der Waals surface area contributed by atoms with E-state index in [-0.39, 0.29) is 5.78 Å². The fourth-order valence-electron chi connectivity index (χ4n) is 2.13. The molecule has 0 saturated carbocycles. The maximum Gasteiger partial charge on any atom is 0.187 e. The van der Waals surface area contributed by atoms with Gasteiger partial charge in [0.1, 0.15) is 5.75 Å². The van der Waals surface area contributed by atoms with E-state index in [1.54, 1.807) is 37.5 Å². The van der Waals surface area contributed by atoms with Gasteiger partial charge in [-0.15, -0.1) is 0 Å². The zero-order chi connectivity index (χ0) is 15.9. The van der Waals surface area contributed by atoms with Crippen LogP contribution in [-0.4, -0.2) is 12.9 Å². The summed E-state index contributed by atoms with van der Waals surface area (Å²) < 4.78 is 5.10. The number of benzene rings is 2. The number of ketones is 1. The van der Waals surface area contributed by atoms with E-state index in [9.17, 15) is 4.79 Å². The standard InChI is InChI=1S/C19H21NO2/c1-4-16(20-17-7-5-6-14(2)12-17)13-19(21)15-8-10-18(22-3)11-9-15/h5-13,20H,4H2,1-3H3. The van der Waals surface area contributed by atoms with Crippen LogP contribution in [0, 0.1) is 6.92 Å². The van der Waals surface area contributed by atoms with E-state index in [1.165, 1.54) is 5.56 Å². The minimum Gasteiger partial charge on any atom is -0.497 e. The number of carbonyl (C=O) groups is 1. The molecule has 0 heterocycles.